The fourth-order valence-corrected chi connectivity index (χ4v) is 6.81. The summed E-state index contributed by atoms with van der Waals surface area (Å²) in [4.78, 5) is 37.4. The summed E-state index contributed by atoms with van der Waals surface area (Å²) in [6.45, 7) is 0. The second kappa shape index (κ2) is 11.6. The lowest BCUT2D eigenvalue weighted by Gasteiger charge is -2.11. The standard InChI is InChI=1S/C43H28N4O3/c48-31-17-11-27(12-18-31)42-44-37(25-7-3-1-4-8-25)39(46-42)29-15-21-33-35(23-29)36-24-30(16-22-34(36)41(33)50)40-38(26-9-5-2-6-10-26)45-43(47-40)28-13-19-32(49)20-14-28/h1-24,44-47H. The first-order valence-corrected chi connectivity index (χ1v) is 16.3. The largest absolute Gasteiger partial charge is 0.339 e. The van der Waals surface area contributed by atoms with Crippen LogP contribution in [0, 0.1) is 0 Å². The van der Waals surface area contributed by atoms with Gasteiger partial charge in [-0.2, -0.15) is 0 Å². The number of hydrogen-bond donors (Lipinski definition) is 4. The number of fused-ring (bicyclic) bond motifs is 3. The van der Waals surface area contributed by atoms with Crippen molar-refractivity contribution in [1.29, 1.82) is 0 Å². The van der Waals surface area contributed by atoms with Gasteiger partial charge in [-0.25, -0.2) is 0 Å². The Hall–Kier alpha value is -6.99. The molecule has 7 heteroatoms. The van der Waals surface area contributed by atoms with Crippen LogP contribution in [0.5, 0.6) is 0 Å². The van der Waals surface area contributed by atoms with Gasteiger partial charge in [-0.05, 0) is 84.0 Å². The van der Waals surface area contributed by atoms with Crippen LogP contribution in [0.1, 0.15) is 38.2 Å². The number of nitrogens with one attached hydrogen (secondary N) is 4. The first-order valence-electron chi connectivity index (χ1n) is 16.3. The van der Waals surface area contributed by atoms with Crippen molar-refractivity contribution in [1.82, 2.24) is 21.3 Å². The number of carbonyl (C=O) groups is 3. The van der Waals surface area contributed by atoms with Crippen molar-refractivity contribution in [2.45, 2.75) is 0 Å². The molecule has 2 aliphatic heterocycles. The Bertz CT molecular complexity index is 2250. The number of allylic oxidation sites excluding steroid dienone is 10. The molecule has 0 bridgehead atoms. The summed E-state index contributed by atoms with van der Waals surface area (Å²) in [6.07, 6.45) is 13.4. The van der Waals surface area contributed by atoms with Crippen molar-refractivity contribution in [3.05, 3.63) is 202 Å². The number of hydrogen-bond acceptors (Lipinski definition) is 7. The molecule has 5 aliphatic rings. The fourth-order valence-electron chi connectivity index (χ4n) is 6.81. The van der Waals surface area contributed by atoms with Crippen molar-refractivity contribution in [3.63, 3.8) is 0 Å². The first kappa shape index (κ1) is 29.2. The Morgan fingerprint density at radius 1 is 0.340 bits per heavy atom. The van der Waals surface area contributed by atoms with Gasteiger partial charge in [-0.3, -0.25) is 14.4 Å². The summed E-state index contributed by atoms with van der Waals surface area (Å²) in [5, 5.41) is 14.2. The first-order chi connectivity index (χ1) is 24.5. The van der Waals surface area contributed by atoms with E-state index in [2.05, 4.69) is 33.4 Å². The maximum Gasteiger partial charge on any atom is 0.194 e. The van der Waals surface area contributed by atoms with Crippen molar-refractivity contribution in [3.8, 4) is 11.1 Å². The highest BCUT2D eigenvalue weighted by molar-refractivity contribution is 6.22. The van der Waals surface area contributed by atoms with E-state index >= 15 is 0 Å². The van der Waals surface area contributed by atoms with Crippen LogP contribution in [0.4, 0.5) is 0 Å². The summed E-state index contributed by atoms with van der Waals surface area (Å²) < 4.78 is 0. The lowest BCUT2D eigenvalue weighted by atomic mass is 9.97. The molecular weight excluding hydrogens is 620 g/mol. The van der Waals surface area contributed by atoms with Gasteiger partial charge in [-0.1, -0.05) is 72.8 Å². The highest BCUT2D eigenvalue weighted by Crippen LogP contribution is 2.42. The molecule has 0 saturated carbocycles. The lowest BCUT2D eigenvalue weighted by Crippen LogP contribution is -2.16. The third-order valence-electron chi connectivity index (χ3n) is 9.31. The summed E-state index contributed by atoms with van der Waals surface area (Å²) in [7, 11) is 0. The Labute approximate surface area is 288 Å². The van der Waals surface area contributed by atoms with E-state index in [0.29, 0.717) is 11.1 Å². The van der Waals surface area contributed by atoms with Crippen LogP contribution in [-0.4, -0.2) is 17.3 Å². The second-order valence-corrected chi connectivity index (χ2v) is 12.4. The minimum atomic E-state index is -0.0487. The normalized spacial score (nSPS) is 17.3. The monoisotopic (exact) mass is 648 g/mol. The zero-order valence-corrected chi connectivity index (χ0v) is 26.6. The maximum absolute atomic E-state index is 13.7. The zero-order valence-electron chi connectivity index (χ0n) is 26.6. The number of carbonyl (C=O) groups excluding carboxylic acids is 3. The van der Waals surface area contributed by atoms with Crippen LogP contribution in [0.15, 0.2) is 168 Å². The second-order valence-electron chi connectivity index (χ2n) is 12.4. The number of rotatable bonds is 4. The van der Waals surface area contributed by atoms with Gasteiger partial charge in [0.1, 0.15) is 11.6 Å². The molecule has 238 valence electrons. The number of ketones is 3. The SMILES string of the molecule is O=C1C=CC(=C2NC(c3ccccc3)=C(c3ccc4c(c3)-c3cc(C5=C(c6ccccc6)NC(=C6C=CC(=O)C=C6)N5)ccc3C4=O)N2)C=C1. The van der Waals surface area contributed by atoms with E-state index in [1.54, 1.807) is 48.6 Å². The Morgan fingerprint density at radius 3 is 1.08 bits per heavy atom. The quantitative estimate of drug-likeness (QED) is 0.171. The van der Waals surface area contributed by atoms with Gasteiger partial charge < -0.3 is 21.3 Å². The van der Waals surface area contributed by atoms with Crippen molar-refractivity contribution < 1.29 is 14.4 Å². The topological polar surface area (TPSA) is 99.3 Å². The minimum absolute atomic E-state index is 0.00690. The molecule has 0 spiro atoms. The Morgan fingerprint density at radius 2 is 0.700 bits per heavy atom. The van der Waals surface area contributed by atoms with Crippen LogP contribution < -0.4 is 21.3 Å². The van der Waals surface area contributed by atoms with E-state index in [-0.39, 0.29) is 17.3 Å². The maximum atomic E-state index is 13.7. The van der Waals surface area contributed by atoms with Gasteiger partial charge in [0.05, 0.1) is 22.8 Å². The average molecular weight is 649 g/mol. The van der Waals surface area contributed by atoms with E-state index < -0.39 is 0 Å². The highest BCUT2D eigenvalue weighted by atomic mass is 16.1. The van der Waals surface area contributed by atoms with Gasteiger partial charge in [0, 0.05) is 44.5 Å². The molecule has 4 aromatic carbocycles. The summed E-state index contributed by atoms with van der Waals surface area (Å²) in [5.41, 5.74) is 12.1. The molecule has 50 heavy (non-hydrogen) atoms. The molecule has 3 aliphatic carbocycles. The van der Waals surface area contributed by atoms with E-state index in [0.717, 1.165) is 79.0 Å². The summed E-state index contributed by atoms with van der Waals surface area (Å²) in [6, 6.07) is 32.1. The third-order valence-corrected chi connectivity index (χ3v) is 9.31. The highest BCUT2D eigenvalue weighted by Gasteiger charge is 2.31. The van der Waals surface area contributed by atoms with Gasteiger partial charge >= 0.3 is 0 Å². The predicted octanol–water partition coefficient (Wildman–Crippen LogP) is 6.75. The fraction of sp³-hybridized carbons (Fsp3) is 0. The zero-order chi connectivity index (χ0) is 33.8. The van der Waals surface area contributed by atoms with E-state index in [1.165, 1.54) is 0 Å². The molecular formula is C43H28N4O3. The lowest BCUT2D eigenvalue weighted by molar-refractivity contribution is -0.111. The molecule has 0 aromatic heterocycles. The molecule has 0 fully saturated rings. The molecule has 0 amide bonds. The van der Waals surface area contributed by atoms with Gasteiger partial charge in [-0.15, -0.1) is 0 Å². The molecule has 9 rings (SSSR count). The summed E-state index contributed by atoms with van der Waals surface area (Å²) in [5.74, 6) is 1.44. The molecule has 4 N–H and O–H groups in total. The van der Waals surface area contributed by atoms with Crippen LogP contribution in [0.2, 0.25) is 0 Å². The van der Waals surface area contributed by atoms with Gasteiger partial charge in [0.2, 0.25) is 0 Å². The van der Waals surface area contributed by atoms with E-state index in [1.807, 2.05) is 84.9 Å². The van der Waals surface area contributed by atoms with Crippen LogP contribution in [0.3, 0.4) is 0 Å². The molecule has 0 atom stereocenters. The van der Waals surface area contributed by atoms with E-state index in [4.69, 9.17) is 0 Å². The van der Waals surface area contributed by atoms with Gasteiger partial charge in [0.15, 0.2) is 17.3 Å². The number of benzene rings is 4. The van der Waals surface area contributed by atoms with Crippen molar-refractivity contribution in [2.24, 2.45) is 0 Å². The Balaban J connectivity index is 1.15. The molecule has 0 radical (unpaired) electrons. The van der Waals surface area contributed by atoms with Crippen molar-refractivity contribution >= 4 is 40.1 Å². The van der Waals surface area contributed by atoms with Crippen LogP contribution in [0.25, 0.3) is 33.9 Å². The van der Waals surface area contributed by atoms with Crippen molar-refractivity contribution in [2.75, 3.05) is 0 Å². The third kappa shape index (κ3) is 4.96. The minimum Gasteiger partial charge on any atom is -0.339 e. The van der Waals surface area contributed by atoms with Crippen LogP contribution in [-0.2, 0) is 9.59 Å². The average Bonchev–Trinajstić information content (AvgIpc) is 3.88. The van der Waals surface area contributed by atoms with Gasteiger partial charge in [0.25, 0.3) is 0 Å². The predicted molar refractivity (Wildman–Crippen MR) is 195 cm³/mol. The van der Waals surface area contributed by atoms with E-state index in [9.17, 15) is 14.4 Å². The summed E-state index contributed by atoms with van der Waals surface area (Å²) >= 11 is 0. The molecule has 0 saturated heterocycles. The molecule has 0 unspecified atom stereocenters. The Kier molecular flexibility index (Phi) is 6.77. The molecule has 4 aromatic rings. The molecule has 7 nitrogen and oxygen atoms in total. The molecule has 2 heterocycles. The van der Waals surface area contributed by atoms with Crippen LogP contribution >= 0.6 is 0 Å². The smallest absolute Gasteiger partial charge is 0.194 e.